The SMILES string of the molecule is CCC(CC)(c1ccc(O)c(C)c1)c1ccc(C#CC(O)(CC(F)(F)F)C(F)(F)F)c(C)c1. The van der Waals surface area contributed by atoms with Crippen molar-refractivity contribution in [3.63, 3.8) is 0 Å². The summed E-state index contributed by atoms with van der Waals surface area (Å²) in [7, 11) is 0. The van der Waals surface area contributed by atoms with Crippen molar-refractivity contribution < 1.29 is 36.6 Å². The first kappa shape index (κ1) is 26.6. The van der Waals surface area contributed by atoms with E-state index >= 15 is 0 Å². The van der Waals surface area contributed by atoms with E-state index in [0.717, 1.165) is 11.1 Å². The first-order chi connectivity index (χ1) is 15.1. The largest absolute Gasteiger partial charge is 0.508 e. The van der Waals surface area contributed by atoms with Gasteiger partial charge < -0.3 is 10.2 Å². The standard InChI is InChI=1S/C25H26F6O2/c1-5-22(6-2,20-9-10-21(32)17(4)14-20)19-8-7-18(16(3)13-19)11-12-23(33,25(29,30)31)15-24(26,27)28/h7-10,13-14,32-33H,5-6,15H2,1-4H3. The molecule has 2 aromatic carbocycles. The predicted molar refractivity (Wildman–Crippen MR) is 114 cm³/mol. The topological polar surface area (TPSA) is 40.5 Å². The van der Waals surface area contributed by atoms with Crippen molar-refractivity contribution >= 4 is 0 Å². The average Bonchev–Trinajstić information content (AvgIpc) is 2.69. The molecule has 0 aliphatic rings. The number of alkyl halides is 6. The fraction of sp³-hybridized carbons (Fsp3) is 0.440. The van der Waals surface area contributed by atoms with E-state index in [9.17, 15) is 36.6 Å². The molecule has 0 radical (unpaired) electrons. The van der Waals surface area contributed by atoms with Gasteiger partial charge in [-0.1, -0.05) is 50.0 Å². The molecule has 0 aliphatic heterocycles. The van der Waals surface area contributed by atoms with Gasteiger partial charge in [-0.3, -0.25) is 0 Å². The molecule has 33 heavy (non-hydrogen) atoms. The zero-order chi connectivity index (χ0) is 25.2. The van der Waals surface area contributed by atoms with Crippen LogP contribution in [-0.4, -0.2) is 28.2 Å². The van der Waals surface area contributed by atoms with Crippen LogP contribution in [-0.2, 0) is 5.41 Å². The fourth-order valence-corrected chi connectivity index (χ4v) is 3.96. The maximum Gasteiger partial charge on any atom is 0.429 e. The molecule has 2 nitrogen and oxygen atoms in total. The van der Waals surface area contributed by atoms with E-state index in [1.807, 2.05) is 26.0 Å². The van der Waals surface area contributed by atoms with Crippen LogP contribution >= 0.6 is 0 Å². The Morgan fingerprint density at radius 2 is 1.33 bits per heavy atom. The van der Waals surface area contributed by atoms with E-state index in [0.29, 0.717) is 24.0 Å². The van der Waals surface area contributed by atoms with Gasteiger partial charge in [0, 0.05) is 11.0 Å². The normalized spacial score (nSPS) is 14.4. The lowest BCUT2D eigenvalue weighted by atomic mass is 9.70. The van der Waals surface area contributed by atoms with Gasteiger partial charge in [0.05, 0.1) is 6.42 Å². The molecule has 8 heteroatoms. The molecule has 2 aromatic rings. The van der Waals surface area contributed by atoms with Gasteiger partial charge in [0.25, 0.3) is 0 Å². The first-order valence-corrected chi connectivity index (χ1v) is 10.4. The molecule has 0 saturated heterocycles. The number of rotatable bonds is 5. The zero-order valence-corrected chi connectivity index (χ0v) is 18.7. The number of aromatic hydroxyl groups is 1. The number of phenolic OH excluding ortho intramolecular Hbond substituents is 1. The lowest BCUT2D eigenvalue weighted by molar-refractivity contribution is -0.271. The molecule has 0 aromatic heterocycles. The highest BCUT2D eigenvalue weighted by Gasteiger charge is 2.58. The van der Waals surface area contributed by atoms with Crippen LogP contribution in [0, 0.1) is 25.7 Å². The smallest absolute Gasteiger partial charge is 0.429 e. The summed E-state index contributed by atoms with van der Waals surface area (Å²) in [5, 5.41) is 19.5. The molecule has 1 atom stereocenters. The van der Waals surface area contributed by atoms with Gasteiger partial charge in [-0.2, -0.15) is 26.3 Å². The Morgan fingerprint density at radius 3 is 1.76 bits per heavy atom. The summed E-state index contributed by atoms with van der Waals surface area (Å²) in [6.07, 6.45) is -11.9. The lowest BCUT2D eigenvalue weighted by Gasteiger charge is -2.34. The van der Waals surface area contributed by atoms with Crippen molar-refractivity contribution in [3.8, 4) is 17.6 Å². The van der Waals surface area contributed by atoms with Gasteiger partial charge in [-0.25, -0.2) is 0 Å². The van der Waals surface area contributed by atoms with Crippen LogP contribution in [0.1, 0.15) is 60.9 Å². The van der Waals surface area contributed by atoms with Gasteiger partial charge in [-0.05, 0) is 61.1 Å². The molecule has 1 unspecified atom stereocenters. The van der Waals surface area contributed by atoms with Gasteiger partial charge >= 0.3 is 12.4 Å². The number of hydrogen-bond donors (Lipinski definition) is 2. The second-order valence-electron chi connectivity index (χ2n) is 8.22. The maximum atomic E-state index is 13.1. The third-order valence-electron chi connectivity index (χ3n) is 6.06. The second kappa shape index (κ2) is 9.30. The number of halogens is 6. The van der Waals surface area contributed by atoms with E-state index < -0.39 is 29.8 Å². The van der Waals surface area contributed by atoms with Crippen LogP contribution in [0.4, 0.5) is 26.3 Å². The average molecular weight is 472 g/mol. The summed E-state index contributed by atoms with van der Waals surface area (Å²) >= 11 is 0. The third-order valence-corrected chi connectivity index (χ3v) is 6.06. The molecule has 0 bridgehead atoms. The van der Waals surface area contributed by atoms with E-state index in [-0.39, 0.29) is 11.3 Å². The summed E-state index contributed by atoms with van der Waals surface area (Å²) in [5.41, 5.74) is -1.56. The van der Waals surface area contributed by atoms with Crippen LogP contribution in [0.15, 0.2) is 36.4 Å². The number of hydrogen-bond acceptors (Lipinski definition) is 2. The number of phenols is 1. The molecule has 2 rings (SSSR count). The highest BCUT2D eigenvalue weighted by atomic mass is 19.4. The molecule has 0 fully saturated rings. The highest BCUT2D eigenvalue weighted by Crippen LogP contribution is 2.41. The number of aryl methyl sites for hydroxylation is 2. The Kier molecular flexibility index (Phi) is 7.49. The van der Waals surface area contributed by atoms with Gasteiger partial charge in [-0.15, -0.1) is 0 Å². The molecular weight excluding hydrogens is 446 g/mol. The summed E-state index contributed by atoms with van der Waals surface area (Å²) < 4.78 is 77.2. The Labute approximate surface area is 189 Å². The van der Waals surface area contributed by atoms with Crippen LogP contribution in [0.25, 0.3) is 0 Å². The molecule has 180 valence electrons. The highest BCUT2D eigenvalue weighted by molar-refractivity contribution is 5.50. The van der Waals surface area contributed by atoms with Crippen molar-refractivity contribution in [2.75, 3.05) is 0 Å². The molecule has 0 saturated carbocycles. The second-order valence-corrected chi connectivity index (χ2v) is 8.22. The predicted octanol–water partition coefficient (Wildman–Crippen LogP) is 6.71. The van der Waals surface area contributed by atoms with Crippen molar-refractivity contribution in [2.45, 2.75) is 70.3 Å². The zero-order valence-electron chi connectivity index (χ0n) is 18.7. The van der Waals surface area contributed by atoms with E-state index in [4.69, 9.17) is 0 Å². The molecule has 0 heterocycles. The van der Waals surface area contributed by atoms with Crippen molar-refractivity contribution in [1.82, 2.24) is 0 Å². The number of benzene rings is 2. The van der Waals surface area contributed by atoms with Crippen molar-refractivity contribution in [3.05, 3.63) is 64.2 Å². The Hall–Kier alpha value is -2.66. The summed E-state index contributed by atoms with van der Waals surface area (Å²) in [5.74, 6) is 3.68. The summed E-state index contributed by atoms with van der Waals surface area (Å²) in [4.78, 5) is 0. The van der Waals surface area contributed by atoms with Crippen LogP contribution in [0.5, 0.6) is 5.75 Å². The molecule has 0 amide bonds. The summed E-state index contributed by atoms with van der Waals surface area (Å²) in [6, 6.07) is 10.2. The van der Waals surface area contributed by atoms with Crippen molar-refractivity contribution in [2.24, 2.45) is 0 Å². The number of aliphatic hydroxyl groups is 1. The van der Waals surface area contributed by atoms with E-state index in [1.165, 1.54) is 12.0 Å². The van der Waals surface area contributed by atoms with Crippen molar-refractivity contribution in [1.29, 1.82) is 0 Å². The van der Waals surface area contributed by atoms with Crippen LogP contribution < -0.4 is 0 Å². The Morgan fingerprint density at radius 1 is 0.818 bits per heavy atom. The van der Waals surface area contributed by atoms with Gasteiger partial charge in [0.1, 0.15) is 5.75 Å². The minimum atomic E-state index is -5.57. The van der Waals surface area contributed by atoms with E-state index in [1.54, 1.807) is 32.0 Å². The van der Waals surface area contributed by atoms with Gasteiger partial charge in [0.15, 0.2) is 0 Å². The monoisotopic (exact) mass is 472 g/mol. The third kappa shape index (κ3) is 5.64. The summed E-state index contributed by atoms with van der Waals surface area (Å²) in [6.45, 7) is 7.37. The lowest BCUT2D eigenvalue weighted by Crippen LogP contribution is -2.47. The maximum absolute atomic E-state index is 13.1. The molecule has 0 aliphatic carbocycles. The fourth-order valence-electron chi connectivity index (χ4n) is 3.96. The quantitative estimate of drug-likeness (QED) is 0.375. The van der Waals surface area contributed by atoms with E-state index in [2.05, 4.69) is 5.92 Å². The van der Waals surface area contributed by atoms with Crippen LogP contribution in [0.2, 0.25) is 0 Å². The van der Waals surface area contributed by atoms with Gasteiger partial charge in [0.2, 0.25) is 5.60 Å². The minimum Gasteiger partial charge on any atom is -0.508 e. The van der Waals surface area contributed by atoms with Crippen LogP contribution in [0.3, 0.4) is 0 Å². The minimum absolute atomic E-state index is 0.0894. The first-order valence-electron chi connectivity index (χ1n) is 10.4. The Bertz CT molecular complexity index is 1060. The molecular formula is C25H26F6O2. The Balaban J connectivity index is 2.54. The molecule has 0 spiro atoms. The molecule has 2 N–H and O–H groups in total.